The summed E-state index contributed by atoms with van der Waals surface area (Å²) in [4.78, 5) is 0. The van der Waals surface area contributed by atoms with Gasteiger partial charge in [0.15, 0.2) is 0 Å². The van der Waals surface area contributed by atoms with E-state index in [0.29, 0.717) is 0 Å². The summed E-state index contributed by atoms with van der Waals surface area (Å²) in [6.45, 7) is 0. The van der Waals surface area contributed by atoms with E-state index in [4.69, 9.17) is 10.2 Å². The highest BCUT2D eigenvalue weighted by atomic mass is 16.3. The molecule has 0 aliphatic heterocycles. The number of allylic oxidation sites excluding steroid dienone is 1. The fourth-order valence-corrected chi connectivity index (χ4v) is 7.40. The van der Waals surface area contributed by atoms with Crippen molar-refractivity contribution >= 4 is 38.4 Å². The Morgan fingerprint density at radius 2 is 1.21 bits per heavy atom. The molecule has 9 aromatic rings. The van der Waals surface area contributed by atoms with Gasteiger partial charge in [-0.2, -0.15) is 0 Å². The highest BCUT2D eigenvalue weighted by molar-refractivity contribution is 6.19. The third-order valence-corrected chi connectivity index (χ3v) is 10.1. The van der Waals surface area contributed by atoms with E-state index in [9.17, 15) is 0 Å². The molecule has 3 N–H and O–H groups in total. The summed E-state index contributed by atoms with van der Waals surface area (Å²) < 4.78 is 6.49. The first-order valence-corrected chi connectivity index (χ1v) is 18.1. The third-order valence-electron chi connectivity index (χ3n) is 10.1. The number of nitrogens with two attached hydrogens (primary N) is 1. The van der Waals surface area contributed by atoms with Gasteiger partial charge in [-0.3, -0.25) is 0 Å². The van der Waals surface area contributed by atoms with Crippen LogP contribution in [0.3, 0.4) is 0 Å². The highest BCUT2D eigenvalue weighted by Gasteiger charge is 2.15. The maximum absolute atomic E-state index is 6.71. The fourth-order valence-electron chi connectivity index (χ4n) is 7.40. The van der Waals surface area contributed by atoms with E-state index < -0.39 is 0 Å². The van der Waals surface area contributed by atoms with Gasteiger partial charge in [-0.1, -0.05) is 176 Å². The lowest BCUT2D eigenvalue weighted by atomic mass is 9.94. The van der Waals surface area contributed by atoms with Crippen LogP contribution in [0, 0.1) is 0 Å². The molecule has 0 bridgehead atoms. The molecule has 8 aromatic carbocycles. The van der Waals surface area contributed by atoms with E-state index >= 15 is 0 Å². The van der Waals surface area contributed by atoms with Crippen LogP contribution in [-0.2, 0) is 6.42 Å². The number of hydrogen-bond donors (Lipinski definition) is 2. The molecule has 0 saturated heterocycles. The number of rotatable bonds is 9. The first-order valence-electron chi connectivity index (χ1n) is 18.1. The molecule has 0 amide bonds. The van der Waals surface area contributed by atoms with E-state index in [-0.39, 0.29) is 6.17 Å². The molecule has 0 fully saturated rings. The number of hydrogen-bond acceptors (Lipinski definition) is 3. The molecule has 0 radical (unpaired) electrons. The van der Waals surface area contributed by atoms with Gasteiger partial charge in [-0.15, -0.1) is 0 Å². The minimum Gasteiger partial charge on any atom is -0.455 e. The van der Waals surface area contributed by atoms with E-state index in [0.717, 1.165) is 56.1 Å². The van der Waals surface area contributed by atoms with Crippen LogP contribution in [-0.4, -0.2) is 0 Å². The Balaban J connectivity index is 1.03. The Labute approximate surface area is 309 Å². The van der Waals surface area contributed by atoms with Crippen LogP contribution in [0.5, 0.6) is 0 Å². The minimum atomic E-state index is -0.346. The highest BCUT2D eigenvalue weighted by Crippen LogP contribution is 2.40. The Bertz CT molecular complexity index is 2730. The lowest BCUT2D eigenvalue weighted by Gasteiger charge is -2.19. The molecule has 1 aromatic heterocycles. The predicted octanol–water partition coefficient (Wildman–Crippen LogP) is 12.6. The van der Waals surface area contributed by atoms with Crippen LogP contribution >= 0.6 is 0 Å². The monoisotopic (exact) mass is 682 g/mol. The van der Waals surface area contributed by atoms with Crippen molar-refractivity contribution in [2.45, 2.75) is 12.6 Å². The van der Waals surface area contributed by atoms with Crippen molar-refractivity contribution in [3.05, 3.63) is 211 Å². The second kappa shape index (κ2) is 14.1. The summed E-state index contributed by atoms with van der Waals surface area (Å²) in [6.07, 6.45) is 2.65. The van der Waals surface area contributed by atoms with Crippen LogP contribution in [0.1, 0.15) is 22.9 Å². The average Bonchev–Trinajstić information content (AvgIpc) is 3.63. The predicted molar refractivity (Wildman–Crippen MR) is 222 cm³/mol. The summed E-state index contributed by atoms with van der Waals surface area (Å²) in [6, 6.07) is 66.2. The Hall–Kier alpha value is -6.68. The molecule has 0 aliphatic rings. The average molecular weight is 683 g/mol. The molecule has 0 spiro atoms. The molecule has 53 heavy (non-hydrogen) atoms. The lowest BCUT2D eigenvalue weighted by Crippen LogP contribution is -2.27. The minimum absolute atomic E-state index is 0.346. The quantitative estimate of drug-likeness (QED) is 0.149. The normalized spacial score (nSPS) is 12.4. The van der Waals surface area contributed by atoms with Crippen molar-refractivity contribution in [3.8, 4) is 33.4 Å². The van der Waals surface area contributed by atoms with Gasteiger partial charge >= 0.3 is 0 Å². The van der Waals surface area contributed by atoms with Crippen LogP contribution in [0.2, 0.25) is 0 Å². The van der Waals surface area contributed by atoms with Gasteiger partial charge in [0.25, 0.3) is 0 Å². The van der Waals surface area contributed by atoms with E-state index in [1.807, 2.05) is 24.3 Å². The summed E-state index contributed by atoms with van der Waals surface area (Å²) in [7, 11) is 0. The van der Waals surface area contributed by atoms with Gasteiger partial charge < -0.3 is 15.5 Å². The van der Waals surface area contributed by atoms with Gasteiger partial charge in [-0.25, -0.2) is 0 Å². The number of nitrogens with one attached hydrogen (secondary N) is 1. The van der Waals surface area contributed by atoms with Crippen molar-refractivity contribution in [1.29, 1.82) is 0 Å². The first-order chi connectivity index (χ1) is 26.2. The maximum Gasteiger partial charge on any atom is 0.143 e. The number of fused-ring (bicyclic) bond motifs is 5. The van der Waals surface area contributed by atoms with E-state index in [1.54, 1.807) is 0 Å². The van der Waals surface area contributed by atoms with Crippen LogP contribution < -0.4 is 11.1 Å². The maximum atomic E-state index is 6.71. The molecule has 9 rings (SSSR count). The zero-order chi connectivity index (χ0) is 35.6. The van der Waals surface area contributed by atoms with Gasteiger partial charge in [0.1, 0.15) is 17.3 Å². The smallest absolute Gasteiger partial charge is 0.143 e. The van der Waals surface area contributed by atoms with Crippen molar-refractivity contribution in [2.75, 3.05) is 0 Å². The van der Waals surface area contributed by atoms with Gasteiger partial charge in [0.05, 0.1) is 0 Å². The summed E-state index contributed by atoms with van der Waals surface area (Å²) in [5.41, 5.74) is 20.0. The van der Waals surface area contributed by atoms with Crippen molar-refractivity contribution in [3.63, 3.8) is 0 Å². The van der Waals surface area contributed by atoms with E-state index in [2.05, 4.69) is 175 Å². The topological polar surface area (TPSA) is 51.2 Å². The van der Waals surface area contributed by atoms with Crippen molar-refractivity contribution < 1.29 is 4.42 Å². The largest absolute Gasteiger partial charge is 0.455 e. The molecular formula is C50H38N2O. The second-order valence-electron chi connectivity index (χ2n) is 13.5. The summed E-state index contributed by atoms with van der Waals surface area (Å²) in [5.74, 6) is 0. The molecule has 0 aliphatic carbocycles. The lowest BCUT2D eigenvalue weighted by molar-refractivity contribution is 0.666. The number of furan rings is 1. The molecule has 3 heteroatoms. The van der Waals surface area contributed by atoms with Crippen LogP contribution in [0.25, 0.3) is 71.8 Å². The Kier molecular flexibility index (Phi) is 8.61. The van der Waals surface area contributed by atoms with Gasteiger partial charge in [0.2, 0.25) is 0 Å². The molecule has 1 atom stereocenters. The molecule has 0 saturated carbocycles. The third kappa shape index (κ3) is 6.51. The first kappa shape index (κ1) is 32.2. The Morgan fingerprint density at radius 1 is 0.547 bits per heavy atom. The Morgan fingerprint density at radius 3 is 2.04 bits per heavy atom. The standard InChI is InChI=1S/C50H38N2O/c51-50(39-16-5-2-6-17-39)52-46(38-27-25-36(26-28-38)35-13-3-1-4-14-35)31-24-34-12-9-18-40(32-34)41-19-10-20-42(33-41)43-22-11-23-47-48(43)45-30-29-37-15-7-8-21-44(37)49(45)53-47/h1-23,25-33,50,52H,24,51H2/b46-31-. The van der Waals surface area contributed by atoms with Gasteiger partial charge in [0, 0.05) is 21.9 Å². The zero-order valence-electron chi connectivity index (χ0n) is 29.2. The molecular weight excluding hydrogens is 645 g/mol. The molecule has 1 heterocycles. The van der Waals surface area contributed by atoms with Crippen molar-refractivity contribution in [2.24, 2.45) is 5.73 Å². The SMILES string of the molecule is NC(N/C(=C\Cc1cccc(-c2cccc(-c3cccc4oc5c6ccccc6ccc5c34)c2)c1)c1ccc(-c2ccccc2)cc1)c1ccccc1. The molecule has 3 nitrogen and oxygen atoms in total. The molecule has 1 unspecified atom stereocenters. The van der Waals surface area contributed by atoms with Crippen LogP contribution in [0.4, 0.5) is 0 Å². The summed E-state index contributed by atoms with van der Waals surface area (Å²) >= 11 is 0. The van der Waals surface area contributed by atoms with Gasteiger partial charge in [-0.05, 0) is 80.1 Å². The fraction of sp³-hybridized carbons (Fsp3) is 0.0400. The van der Waals surface area contributed by atoms with E-state index in [1.165, 1.54) is 38.8 Å². The number of benzene rings is 8. The molecule has 254 valence electrons. The van der Waals surface area contributed by atoms with Crippen molar-refractivity contribution in [1.82, 2.24) is 5.32 Å². The zero-order valence-corrected chi connectivity index (χ0v) is 29.2. The second-order valence-corrected chi connectivity index (χ2v) is 13.5. The van der Waals surface area contributed by atoms with Crippen LogP contribution in [0.15, 0.2) is 199 Å². The summed E-state index contributed by atoms with van der Waals surface area (Å²) in [5, 5.41) is 8.22.